The van der Waals surface area contributed by atoms with Gasteiger partial charge in [0.2, 0.25) is 0 Å². The number of carbonyl (C=O) groups is 1. The summed E-state index contributed by atoms with van der Waals surface area (Å²) in [5, 5.41) is 3.13. The summed E-state index contributed by atoms with van der Waals surface area (Å²) in [6, 6.07) is 9.73. The van der Waals surface area contributed by atoms with E-state index < -0.39 is 0 Å². The van der Waals surface area contributed by atoms with Crippen molar-refractivity contribution in [2.45, 2.75) is 13.8 Å². The summed E-state index contributed by atoms with van der Waals surface area (Å²) in [7, 11) is 0. The lowest BCUT2D eigenvalue weighted by molar-refractivity contribution is -0.112. The zero-order valence-electron chi connectivity index (χ0n) is 8.17. The summed E-state index contributed by atoms with van der Waals surface area (Å²) in [6.07, 6.45) is 0. The monoisotopic (exact) mass is 253 g/mol. The van der Waals surface area contributed by atoms with Gasteiger partial charge in [-0.25, -0.2) is 0 Å². The van der Waals surface area contributed by atoms with Crippen molar-refractivity contribution in [3.05, 3.63) is 40.5 Å². The Hall–Kier alpha value is -1.09. The highest BCUT2D eigenvalue weighted by Gasteiger charge is 2.03. The highest BCUT2D eigenvalue weighted by atomic mass is 79.9. The number of para-hydroxylation sites is 1. The summed E-state index contributed by atoms with van der Waals surface area (Å²) in [5.41, 5.74) is 1.80. The molecule has 2 nitrogen and oxygen atoms in total. The molecular weight excluding hydrogens is 242 g/mol. The molecule has 74 valence electrons. The Labute approximate surface area is 92.1 Å². The molecule has 0 aliphatic rings. The molecule has 0 atom stereocenters. The standard InChI is InChI=1S/C11H12BrNO/c1-8(11(12)9(2)14)13-10-6-4-3-5-7-10/h3-7,13H,1-2H3. The molecule has 0 heterocycles. The second-order valence-corrected chi connectivity index (χ2v) is 3.78. The Balaban J connectivity index is 2.80. The Morgan fingerprint density at radius 2 is 1.79 bits per heavy atom. The van der Waals surface area contributed by atoms with Crippen LogP contribution in [0.5, 0.6) is 0 Å². The topological polar surface area (TPSA) is 29.1 Å². The maximum absolute atomic E-state index is 11.0. The molecule has 0 radical (unpaired) electrons. The molecule has 0 unspecified atom stereocenters. The van der Waals surface area contributed by atoms with E-state index in [2.05, 4.69) is 21.2 Å². The van der Waals surface area contributed by atoms with Crippen molar-refractivity contribution in [1.82, 2.24) is 0 Å². The molecule has 0 saturated carbocycles. The minimum atomic E-state index is 0.0194. The number of Topliss-reactive ketones (excluding diaryl/α,β-unsaturated/α-hetero) is 1. The number of nitrogens with one attached hydrogen (secondary N) is 1. The van der Waals surface area contributed by atoms with Crippen molar-refractivity contribution in [2.24, 2.45) is 0 Å². The number of benzene rings is 1. The normalized spacial score (nSPS) is 11.9. The van der Waals surface area contributed by atoms with Crippen molar-refractivity contribution >= 4 is 27.4 Å². The molecule has 0 aliphatic heterocycles. The van der Waals surface area contributed by atoms with E-state index in [-0.39, 0.29) is 5.78 Å². The SMILES string of the molecule is CC(=O)C(Br)=C(C)Nc1ccccc1. The Morgan fingerprint density at radius 3 is 2.29 bits per heavy atom. The molecule has 14 heavy (non-hydrogen) atoms. The van der Waals surface area contributed by atoms with Gasteiger partial charge in [-0.2, -0.15) is 0 Å². The molecule has 0 spiro atoms. The third-order valence-corrected chi connectivity index (χ3v) is 2.90. The first-order valence-electron chi connectivity index (χ1n) is 4.30. The first-order chi connectivity index (χ1) is 6.61. The van der Waals surface area contributed by atoms with Gasteiger partial charge in [-0.05, 0) is 41.9 Å². The minimum absolute atomic E-state index is 0.0194. The molecule has 3 heteroatoms. The molecule has 1 N–H and O–H groups in total. The Kier molecular flexibility index (Phi) is 3.89. The lowest BCUT2D eigenvalue weighted by Gasteiger charge is -2.07. The number of anilines is 1. The van der Waals surface area contributed by atoms with Gasteiger partial charge in [-0.15, -0.1) is 0 Å². The zero-order valence-corrected chi connectivity index (χ0v) is 9.76. The quantitative estimate of drug-likeness (QED) is 0.838. The maximum atomic E-state index is 11.0. The predicted molar refractivity (Wildman–Crippen MR) is 62.4 cm³/mol. The van der Waals surface area contributed by atoms with Crippen LogP contribution in [0.15, 0.2) is 40.5 Å². The summed E-state index contributed by atoms with van der Waals surface area (Å²) < 4.78 is 0.585. The van der Waals surface area contributed by atoms with E-state index in [0.717, 1.165) is 11.4 Å². The second-order valence-electron chi connectivity index (χ2n) is 2.99. The minimum Gasteiger partial charge on any atom is -0.358 e. The highest BCUT2D eigenvalue weighted by molar-refractivity contribution is 9.12. The molecule has 0 bridgehead atoms. The van der Waals surface area contributed by atoms with Crippen LogP contribution in [-0.2, 0) is 4.79 Å². The van der Waals surface area contributed by atoms with Crippen LogP contribution >= 0.6 is 15.9 Å². The van der Waals surface area contributed by atoms with E-state index in [1.807, 2.05) is 37.3 Å². The van der Waals surface area contributed by atoms with E-state index in [1.165, 1.54) is 6.92 Å². The van der Waals surface area contributed by atoms with Gasteiger partial charge in [-0.3, -0.25) is 4.79 Å². The Morgan fingerprint density at radius 1 is 1.21 bits per heavy atom. The van der Waals surface area contributed by atoms with Crippen molar-refractivity contribution < 1.29 is 4.79 Å². The van der Waals surface area contributed by atoms with Crippen molar-refractivity contribution in [3.63, 3.8) is 0 Å². The van der Waals surface area contributed by atoms with Crippen LogP contribution < -0.4 is 5.32 Å². The lowest BCUT2D eigenvalue weighted by Crippen LogP contribution is -2.01. The van der Waals surface area contributed by atoms with Crippen LogP contribution in [0.2, 0.25) is 0 Å². The summed E-state index contributed by atoms with van der Waals surface area (Å²) in [4.78, 5) is 11.0. The zero-order chi connectivity index (χ0) is 10.6. The third-order valence-electron chi connectivity index (χ3n) is 1.74. The van der Waals surface area contributed by atoms with Gasteiger partial charge in [0.1, 0.15) is 0 Å². The number of ketones is 1. The highest BCUT2D eigenvalue weighted by Crippen LogP contribution is 2.16. The number of halogens is 1. The maximum Gasteiger partial charge on any atom is 0.168 e. The number of hydrogen-bond acceptors (Lipinski definition) is 2. The van der Waals surface area contributed by atoms with Crippen LogP contribution in [0.4, 0.5) is 5.69 Å². The summed E-state index contributed by atoms with van der Waals surface area (Å²) in [5.74, 6) is 0.0194. The smallest absolute Gasteiger partial charge is 0.168 e. The van der Waals surface area contributed by atoms with Crippen molar-refractivity contribution in [2.75, 3.05) is 5.32 Å². The van der Waals surface area contributed by atoms with E-state index in [1.54, 1.807) is 0 Å². The van der Waals surface area contributed by atoms with Gasteiger partial charge in [0.15, 0.2) is 5.78 Å². The van der Waals surface area contributed by atoms with Crippen LogP contribution in [0, 0.1) is 0 Å². The van der Waals surface area contributed by atoms with Gasteiger partial charge in [0, 0.05) is 11.4 Å². The number of rotatable bonds is 3. The van der Waals surface area contributed by atoms with E-state index in [9.17, 15) is 4.79 Å². The van der Waals surface area contributed by atoms with Gasteiger partial charge in [0.25, 0.3) is 0 Å². The van der Waals surface area contributed by atoms with E-state index in [0.29, 0.717) is 4.48 Å². The average molecular weight is 254 g/mol. The summed E-state index contributed by atoms with van der Waals surface area (Å²) >= 11 is 3.23. The van der Waals surface area contributed by atoms with Crippen LogP contribution in [-0.4, -0.2) is 5.78 Å². The lowest BCUT2D eigenvalue weighted by atomic mass is 10.3. The third kappa shape index (κ3) is 3.00. The van der Waals surface area contributed by atoms with E-state index in [4.69, 9.17) is 0 Å². The van der Waals surface area contributed by atoms with Crippen molar-refractivity contribution in [1.29, 1.82) is 0 Å². The molecule has 1 rings (SSSR count). The van der Waals surface area contributed by atoms with Crippen LogP contribution in [0.25, 0.3) is 0 Å². The molecule has 0 aliphatic carbocycles. The fraction of sp³-hybridized carbons (Fsp3) is 0.182. The van der Waals surface area contributed by atoms with Gasteiger partial charge >= 0.3 is 0 Å². The summed E-state index contributed by atoms with van der Waals surface area (Å²) in [6.45, 7) is 3.39. The number of hydrogen-bond donors (Lipinski definition) is 1. The van der Waals surface area contributed by atoms with Crippen molar-refractivity contribution in [3.8, 4) is 0 Å². The van der Waals surface area contributed by atoms with Crippen LogP contribution in [0.1, 0.15) is 13.8 Å². The molecule has 0 amide bonds. The number of allylic oxidation sites excluding steroid dienone is 2. The molecule has 0 saturated heterocycles. The second kappa shape index (κ2) is 4.96. The molecular formula is C11H12BrNO. The first-order valence-corrected chi connectivity index (χ1v) is 5.10. The fourth-order valence-corrected chi connectivity index (χ4v) is 1.16. The first kappa shape index (κ1) is 11.0. The fourth-order valence-electron chi connectivity index (χ4n) is 1.06. The molecule has 0 fully saturated rings. The number of carbonyl (C=O) groups excluding carboxylic acids is 1. The van der Waals surface area contributed by atoms with E-state index >= 15 is 0 Å². The average Bonchev–Trinajstić information content (AvgIpc) is 2.18. The van der Waals surface area contributed by atoms with Gasteiger partial charge < -0.3 is 5.32 Å². The largest absolute Gasteiger partial charge is 0.358 e. The molecule has 1 aromatic rings. The van der Waals surface area contributed by atoms with Crippen LogP contribution in [0.3, 0.4) is 0 Å². The predicted octanol–water partition coefficient (Wildman–Crippen LogP) is 3.31. The molecule has 0 aromatic heterocycles. The van der Waals surface area contributed by atoms with Gasteiger partial charge in [-0.1, -0.05) is 18.2 Å². The van der Waals surface area contributed by atoms with Gasteiger partial charge in [0.05, 0.1) is 4.48 Å². The Bertz CT molecular complexity index is 357. The molecule has 1 aromatic carbocycles.